The lowest BCUT2D eigenvalue weighted by Gasteiger charge is -2.39. The SMILES string of the molecule is COC(=O)C1C(=O)[C@@]2(O)c3ccncc3O[C@@]2(c2ccc(Br)cc2)[C@@H]1c1ccccc1. The smallest absolute Gasteiger partial charge is 0.317 e. The van der Waals surface area contributed by atoms with Crippen molar-refractivity contribution >= 4 is 27.7 Å². The Bertz CT molecular complexity index is 1180. The van der Waals surface area contributed by atoms with Gasteiger partial charge in [-0.3, -0.25) is 14.6 Å². The predicted octanol–water partition coefficient (Wildman–Crippen LogP) is 3.48. The van der Waals surface area contributed by atoms with E-state index in [0.29, 0.717) is 22.4 Å². The summed E-state index contributed by atoms with van der Waals surface area (Å²) in [4.78, 5) is 30.8. The number of ketones is 1. The van der Waals surface area contributed by atoms with Crippen molar-refractivity contribution < 1.29 is 24.2 Å². The molecule has 0 amide bonds. The summed E-state index contributed by atoms with van der Waals surface area (Å²) in [6.45, 7) is 0. The average molecular weight is 480 g/mol. The van der Waals surface area contributed by atoms with Gasteiger partial charge in [0.25, 0.3) is 0 Å². The van der Waals surface area contributed by atoms with E-state index in [9.17, 15) is 14.7 Å². The number of nitrogens with zero attached hydrogens (tertiary/aromatic N) is 1. The fourth-order valence-corrected chi connectivity index (χ4v) is 5.29. The van der Waals surface area contributed by atoms with Gasteiger partial charge >= 0.3 is 5.97 Å². The summed E-state index contributed by atoms with van der Waals surface area (Å²) in [5.41, 5.74) is -2.12. The Morgan fingerprint density at radius 3 is 2.52 bits per heavy atom. The first kappa shape index (κ1) is 19.9. The van der Waals surface area contributed by atoms with Crippen LogP contribution in [0.1, 0.15) is 22.6 Å². The molecule has 3 aromatic rings. The molecule has 6 nitrogen and oxygen atoms in total. The van der Waals surface area contributed by atoms with E-state index in [1.807, 2.05) is 42.5 Å². The summed E-state index contributed by atoms with van der Waals surface area (Å²) in [5, 5.41) is 12.1. The number of carbonyl (C=O) groups excluding carboxylic acids is 2. The number of Topliss-reactive ketones (excluding diaryl/α,β-unsaturated/α-hetero) is 1. The Labute approximate surface area is 187 Å². The molecule has 7 heteroatoms. The molecule has 4 atom stereocenters. The van der Waals surface area contributed by atoms with E-state index in [4.69, 9.17) is 9.47 Å². The highest BCUT2D eigenvalue weighted by molar-refractivity contribution is 9.10. The van der Waals surface area contributed by atoms with Crippen LogP contribution in [0.2, 0.25) is 0 Å². The summed E-state index contributed by atoms with van der Waals surface area (Å²) in [6.07, 6.45) is 2.98. The molecule has 2 aliphatic rings. The summed E-state index contributed by atoms with van der Waals surface area (Å²) in [7, 11) is 1.24. The Morgan fingerprint density at radius 1 is 1.13 bits per heavy atom. The Balaban J connectivity index is 1.88. The van der Waals surface area contributed by atoms with Crippen molar-refractivity contribution in [1.82, 2.24) is 4.98 Å². The molecule has 0 bridgehead atoms. The van der Waals surface area contributed by atoms with Crippen LogP contribution in [0.5, 0.6) is 5.75 Å². The van der Waals surface area contributed by atoms with Gasteiger partial charge in [-0.15, -0.1) is 0 Å². The summed E-state index contributed by atoms with van der Waals surface area (Å²) in [5.74, 6) is -3.13. The quantitative estimate of drug-likeness (QED) is 0.457. The van der Waals surface area contributed by atoms with Gasteiger partial charge in [-0.1, -0.05) is 58.4 Å². The highest BCUT2D eigenvalue weighted by Crippen LogP contribution is 2.66. The molecule has 0 saturated heterocycles. The normalized spacial score (nSPS) is 28.5. The van der Waals surface area contributed by atoms with E-state index in [0.717, 1.165) is 4.47 Å². The lowest BCUT2D eigenvalue weighted by atomic mass is 9.71. The Morgan fingerprint density at radius 2 is 1.84 bits per heavy atom. The number of halogens is 1. The second-order valence-corrected chi connectivity index (χ2v) is 8.60. The van der Waals surface area contributed by atoms with Crippen molar-refractivity contribution in [2.24, 2.45) is 5.92 Å². The third kappa shape index (κ3) is 2.50. The third-order valence-corrected chi connectivity index (χ3v) is 6.81. The van der Waals surface area contributed by atoms with Crippen LogP contribution in [0, 0.1) is 5.92 Å². The minimum atomic E-state index is -2.10. The minimum Gasteiger partial charge on any atom is -0.476 e. The number of aliphatic hydroxyl groups is 1. The van der Waals surface area contributed by atoms with Gasteiger partial charge in [0.15, 0.2) is 17.0 Å². The largest absolute Gasteiger partial charge is 0.476 e. The summed E-state index contributed by atoms with van der Waals surface area (Å²) >= 11 is 3.43. The van der Waals surface area contributed by atoms with Crippen LogP contribution < -0.4 is 4.74 Å². The zero-order valence-electron chi connectivity index (χ0n) is 16.5. The topological polar surface area (TPSA) is 85.7 Å². The standard InChI is InChI=1S/C24H18BrNO5/c1-30-22(28)19-20(14-5-3-2-4-6-14)24(15-7-9-16(25)10-8-15)23(29,21(19)27)17-11-12-26-13-18(17)31-24/h2-13,19-20,29H,1H3/t19?,20-,23+,24+/m1/s1. The molecular formula is C24H18BrNO5. The van der Waals surface area contributed by atoms with Crippen molar-refractivity contribution in [3.63, 3.8) is 0 Å². The number of rotatable bonds is 3. The van der Waals surface area contributed by atoms with E-state index in [1.54, 1.807) is 18.2 Å². The molecule has 1 aliphatic carbocycles. The number of hydrogen-bond acceptors (Lipinski definition) is 6. The van der Waals surface area contributed by atoms with Gasteiger partial charge in [-0.05, 0) is 29.3 Å². The van der Waals surface area contributed by atoms with Crippen LogP contribution in [0.25, 0.3) is 0 Å². The number of pyridine rings is 1. The number of ether oxygens (including phenoxy) is 2. The zero-order valence-corrected chi connectivity index (χ0v) is 18.1. The number of methoxy groups -OCH3 is 1. The van der Waals surface area contributed by atoms with Gasteiger partial charge in [0.2, 0.25) is 0 Å². The lowest BCUT2D eigenvalue weighted by molar-refractivity contribution is -0.155. The molecule has 1 aromatic heterocycles. The minimum absolute atomic E-state index is 0.294. The molecule has 1 unspecified atom stereocenters. The van der Waals surface area contributed by atoms with Crippen LogP contribution in [0.15, 0.2) is 77.5 Å². The van der Waals surface area contributed by atoms with Crippen molar-refractivity contribution in [2.45, 2.75) is 17.1 Å². The second-order valence-electron chi connectivity index (χ2n) is 7.68. The monoisotopic (exact) mass is 479 g/mol. The summed E-state index contributed by atoms with van der Waals surface area (Å²) < 4.78 is 12.3. The van der Waals surface area contributed by atoms with Crippen LogP contribution in [-0.2, 0) is 25.5 Å². The number of benzene rings is 2. The van der Waals surface area contributed by atoms with Crippen LogP contribution in [0.3, 0.4) is 0 Å². The van der Waals surface area contributed by atoms with E-state index in [-0.39, 0.29) is 0 Å². The Kier molecular flexibility index (Phi) is 4.50. The third-order valence-electron chi connectivity index (χ3n) is 6.28. The lowest BCUT2D eigenvalue weighted by Crippen LogP contribution is -2.50. The first-order chi connectivity index (χ1) is 14.9. The molecule has 2 aromatic carbocycles. The number of carbonyl (C=O) groups is 2. The van der Waals surface area contributed by atoms with Crippen LogP contribution >= 0.6 is 15.9 Å². The molecule has 0 spiro atoms. The van der Waals surface area contributed by atoms with Crippen molar-refractivity contribution in [3.8, 4) is 5.75 Å². The van der Waals surface area contributed by atoms with Gasteiger partial charge in [-0.2, -0.15) is 0 Å². The van der Waals surface area contributed by atoms with Gasteiger partial charge in [-0.25, -0.2) is 0 Å². The van der Waals surface area contributed by atoms with E-state index in [2.05, 4.69) is 20.9 Å². The molecule has 5 rings (SSSR count). The van der Waals surface area contributed by atoms with Gasteiger partial charge in [0.05, 0.1) is 19.2 Å². The average Bonchev–Trinajstić information content (AvgIpc) is 3.18. The van der Waals surface area contributed by atoms with E-state index < -0.39 is 34.8 Å². The van der Waals surface area contributed by atoms with E-state index in [1.165, 1.54) is 19.5 Å². The first-order valence-corrected chi connectivity index (χ1v) is 10.5. The van der Waals surface area contributed by atoms with Gasteiger partial charge in [0, 0.05) is 16.2 Å². The van der Waals surface area contributed by atoms with Crippen molar-refractivity contribution in [1.29, 1.82) is 0 Å². The van der Waals surface area contributed by atoms with Crippen molar-refractivity contribution in [2.75, 3.05) is 7.11 Å². The molecule has 31 heavy (non-hydrogen) atoms. The summed E-state index contributed by atoms with van der Waals surface area (Å²) in [6, 6.07) is 17.9. The number of aromatic nitrogens is 1. The highest BCUT2D eigenvalue weighted by Gasteiger charge is 2.78. The molecule has 2 heterocycles. The number of hydrogen-bond donors (Lipinski definition) is 1. The highest BCUT2D eigenvalue weighted by atomic mass is 79.9. The first-order valence-electron chi connectivity index (χ1n) is 9.74. The van der Waals surface area contributed by atoms with E-state index >= 15 is 0 Å². The molecule has 1 fully saturated rings. The Hall–Kier alpha value is -3.03. The molecular weight excluding hydrogens is 462 g/mol. The predicted molar refractivity (Wildman–Crippen MR) is 114 cm³/mol. The zero-order chi connectivity index (χ0) is 21.8. The number of fused-ring (bicyclic) bond motifs is 3. The molecule has 0 radical (unpaired) electrons. The van der Waals surface area contributed by atoms with Gasteiger partial charge < -0.3 is 14.6 Å². The maximum absolute atomic E-state index is 13.8. The van der Waals surface area contributed by atoms with Crippen molar-refractivity contribution in [3.05, 3.63) is 94.2 Å². The second kappa shape index (κ2) is 7.00. The fraction of sp³-hybridized carbons (Fsp3) is 0.208. The van der Waals surface area contributed by atoms with Crippen LogP contribution in [0.4, 0.5) is 0 Å². The molecule has 1 aliphatic heterocycles. The molecule has 1 N–H and O–H groups in total. The molecule has 156 valence electrons. The maximum atomic E-state index is 13.8. The van der Waals surface area contributed by atoms with Crippen LogP contribution in [-0.4, -0.2) is 29.0 Å². The molecule has 1 saturated carbocycles. The fourth-order valence-electron chi connectivity index (χ4n) is 5.03. The number of esters is 1. The van der Waals surface area contributed by atoms with Gasteiger partial charge in [0.1, 0.15) is 11.7 Å². The maximum Gasteiger partial charge on any atom is 0.317 e.